The highest BCUT2D eigenvalue weighted by molar-refractivity contribution is 6.04. The van der Waals surface area contributed by atoms with Crippen LogP contribution in [0, 0.1) is 34.9 Å². The molecule has 8 heteroatoms. The van der Waals surface area contributed by atoms with Crippen molar-refractivity contribution >= 4 is 11.6 Å². The SMILES string of the molecule is O=C(Nc1cc(F)cc(F)c1F)c1cc(F)c(F)c(F)c1. The summed E-state index contributed by atoms with van der Waals surface area (Å²) in [6.07, 6.45) is 0. The monoisotopic (exact) mass is 305 g/mol. The number of anilines is 1. The minimum Gasteiger partial charge on any atom is -0.319 e. The molecule has 0 saturated heterocycles. The lowest BCUT2D eigenvalue weighted by atomic mass is 10.2. The van der Waals surface area contributed by atoms with Crippen LogP contribution < -0.4 is 5.32 Å². The molecule has 0 bridgehead atoms. The number of carbonyl (C=O) groups excluding carboxylic acids is 1. The van der Waals surface area contributed by atoms with Gasteiger partial charge in [0.05, 0.1) is 5.69 Å². The van der Waals surface area contributed by atoms with Gasteiger partial charge in [-0.3, -0.25) is 4.79 Å². The van der Waals surface area contributed by atoms with Gasteiger partial charge in [-0.05, 0) is 12.1 Å². The Morgan fingerprint density at radius 2 is 1.29 bits per heavy atom. The number of hydrogen-bond donors (Lipinski definition) is 1. The fraction of sp³-hybridized carbons (Fsp3) is 0. The van der Waals surface area contributed by atoms with Crippen LogP contribution in [0.3, 0.4) is 0 Å². The van der Waals surface area contributed by atoms with E-state index in [0.717, 1.165) is 0 Å². The average Bonchev–Trinajstić information content (AvgIpc) is 2.40. The number of benzene rings is 2. The lowest BCUT2D eigenvalue weighted by molar-refractivity contribution is 0.102. The van der Waals surface area contributed by atoms with Crippen LogP contribution in [0.5, 0.6) is 0 Å². The molecule has 2 aromatic rings. The molecule has 21 heavy (non-hydrogen) atoms. The van der Waals surface area contributed by atoms with Crippen molar-refractivity contribution in [3.8, 4) is 0 Å². The van der Waals surface area contributed by atoms with Gasteiger partial charge in [-0.15, -0.1) is 0 Å². The smallest absolute Gasteiger partial charge is 0.255 e. The molecule has 0 unspecified atom stereocenters. The van der Waals surface area contributed by atoms with Gasteiger partial charge < -0.3 is 5.32 Å². The van der Waals surface area contributed by atoms with E-state index in [0.29, 0.717) is 18.2 Å². The topological polar surface area (TPSA) is 29.1 Å². The van der Waals surface area contributed by atoms with Crippen LogP contribution in [0.4, 0.5) is 32.0 Å². The first-order chi connectivity index (χ1) is 9.79. The largest absolute Gasteiger partial charge is 0.319 e. The first kappa shape index (κ1) is 14.9. The Labute approximate surface area is 114 Å². The van der Waals surface area contributed by atoms with E-state index in [1.165, 1.54) is 0 Å². The van der Waals surface area contributed by atoms with E-state index in [2.05, 4.69) is 0 Å². The molecule has 0 fully saturated rings. The van der Waals surface area contributed by atoms with E-state index in [9.17, 15) is 31.1 Å². The van der Waals surface area contributed by atoms with Gasteiger partial charge in [-0.1, -0.05) is 0 Å². The summed E-state index contributed by atoms with van der Waals surface area (Å²) in [7, 11) is 0. The molecule has 0 saturated carbocycles. The third kappa shape index (κ3) is 2.99. The number of halogens is 6. The van der Waals surface area contributed by atoms with E-state index >= 15 is 0 Å². The predicted molar refractivity (Wildman–Crippen MR) is 60.6 cm³/mol. The summed E-state index contributed by atoms with van der Waals surface area (Å²) < 4.78 is 77.8. The van der Waals surface area contributed by atoms with Crippen molar-refractivity contribution in [1.29, 1.82) is 0 Å². The van der Waals surface area contributed by atoms with Crippen molar-refractivity contribution < 1.29 is 31.1 Å². The number of carbonyl (C=O) groups is 1. The quantitative estimate of drug-likeness (QED) is 0.511. The van der Waals surface area contributed by atoms with Gasteiger partial charge in [0, 0.05) is 17.7 Å². The fourth-order valence-electron chi connectivity index (χ4n) is 1.53. The Morgan fingerprint density at radius 3 is 1.86 bits per heavy atom. The highest BCUT2D eigenvalue weighted by atomic mass is 19.2. The van der Waals surface area contributed by atoms with Crippen molar-refractivity contribution in [2.45, 2.75) is 0 Å². The minimum absolute atomic E-state index is 0.252. The second kappa shape index (κ2) is 5.47. The van der Waals surface area contributed by atoms with Crippen LogP contribution in [0.2, 0.25) is 0 Å². The van der Waals surface area contributed by atoms with Gasteiger partial charge in [0.2, 0.25) is 0 Å². The van der Waals surface area contributed by atoms with Gasteiger partial charge in [0.1, 0.15) is 5.82 Å². The molecule has 2 aromatic carbocycles. The summed E-state index contributed by atoms with van der Waals surface area (Å²) in [6, 6.07) is 1.46. The highest BCUT2D eigenvalue weighted by Crippen LogP contribution is 2.21. The van der Waals surface area contributed by atoms with Crippen LogP contribution in [0.15, 0.2) is 24.3 Å². The van der Waals surface area contributed by atoms with Gasteiger partial charge in [-0.25, -0.2) is 26.3 Å². The Kier molecular flexibility index (Phi) is 3.88. The van der Waals surface area contributed by atoms with Gasteiger partial charge >= 0.3 is 0 Å². The molecule has 0 spiro atoms. The molecule has 0 aliphatic rings. The zero-order chi connectivity index (χ0) is 15.7. The molecule has 2 nitrogen and oxygen atoms in total. The molecule has 2 rings (SSSR count). The van der Waals surface area contributed by atoms with Crippen LogP contribution in [0.1, 0.15) is 10.4 Å². The molecule has 0 aromatic heterocycles. The van der Waals surface area contributed by atoms with E-state index < -0.39 is 52.1 Å². The summed E-state index contributed by atoms with van der Waals surface area (Å²) in [6.45, 7) is 0. The fourth-order valence-corrected chi connectivity index (χ4v) is 1.53. The maximum atomic E-state index is 13.3. The Morgan fingerprint density at radius 1 is 0.762 bits per heavy atom. The van der Waals surface area contributed by atoms with E-state index in [1.807, 2.05) is 0 Å². The van der Waals surface area contributed by atoms with Crippen molar-refractivity contribution in [1.82, 2.24) is 0 Å². The molecule has 0 heterocycles. The molecule has 1 N–H and O–H groups in total. The van der Waals surface area contributed by atoms with Crippen molar-refractivity contribution in [3.63, 3.8) is 0 Å². The molecular formula is C13H5F6NO. The Bertz CT molecular complexity index is 708. The average molecular weight is 305 g/mol. The molecule has 0 aliphatic carbocycles. The van der Waals surface area contributed by atoms with E-state index in [1.54, 1.807) is 5.32 Å². The van der Waals surface area contributed by atoms with Crippen molar-refractivity contribution in [3.05, 3.63) is 64.7 Å². The van der Waals surface area contributed by atoms with Gasteiger partial charge in [0.15, 0.2) is 29.1 Å². The summed E-state index contributed by atoms with van der Waals surface area (Å²) in [5.41, 5.74) is -1.54. The lowest BCUT2D eigenvalue weighted by Gasteiger charge is -2.08. The molecule has 1 amide bonds. The summed E-state index contributed by atoms with van der Waals surface area (Å²) in [5.74, 6) is -10.6. The molecule has 110 valence electrons. The zero-order valence-electron chi connectivity index (χ0n) is 9.99. The number of rotatable bonds is 2. The normalized spacial score (nSPS) is 10.6. The third-order valence-electron chi connectivity index (χ3n) is 2.49. The highest BCUT2D eigenvalue weighted by Gasteiger charge is 2.18. The van der Waals surface area contributed by atoms with Crippen LogP contribution in [-0.2, 0) is 0 Å². The Balaban J connectivity index is 2.35. The standard InChI is InChI=1S/C13H5F6NO/c14-6-3-9(17)12(19)10(4-6)20-13(21)5-1-7(15)11(18)8(16)2-5/h1-4H,(H,20,21). The summed E-state index contributed by atoms with van der Waals surface area (Å²) >= 11 is 0. The van der Waals surface area contributed by atoms with Crippen LogP contribution in [0.25, 0.3) is 0 Å². The van der Waals surface area contributed by atoms with Gasteiger partial charge in [-0.2, -0.15) is 0 Å². The zero-order valence-corrected chi connectivity index (χ0v) is 9.99. The maximum absolute atomic E-state index is 13.3. The van der Waals surface area contributed by atoms with Gasteiger partial charge in [0.25, 0.3) is 5.91 Å². The van der Waals surface area contributed by atoms with Crippen LogP contribution in [-0.4, -0.2) is 5.91 Å². The maximum Gasteiger partial charge on any atom is 0.255 e. The predicted octanol–water partition coefficient (Wildman–Crippen LogP) is 3.77. The molecule has 0 aliphatic heterocycles. The second-order valence-corrected chi connectivity index (χ2v) is 3.96. The van der Waals surface area contributed by atoms with Crippen molar-refractivity contribution in [2.75, 3.05) is 5.32 Å². The van der Waals surface area contributed by atoms with Crippen molar-refractivity contribution in [2.24, 2.45) is 0 Å². The van der Waals surface area contributed by atoms with Crippen LogP contribution >= 0.6 is 0 Å². The first-order valence-electron chi connectivity index (χ1n) is 5.40. The molecular weight excluding hydrogens is 300 g/mol. The minimum atomic E-state index is -1.78. The summed E-state index contributed by atoms with van der Waals surface area (Å²) in [4.78, 5) is 11.6. The number of nitrogens with one attached hydrogen (secondary N) is 1. The van der Waals surface area contributed by atoms with E-state index in [4.69, 9.17) is 0 Å². The lowest BCUT2D eigenvalue weighted by Crippen LogP contribution is -2.15. The number of hydrogen-bond acceptors (Lipinski definition) is 1. The summed E-state index contributed by atoms with van der Waals surface area (Å²) in [5, 5.41) is 1.73. The second-order valence-electron chi connectivity index (χ2n) is 3.96. The molecule has 0 atom stereocenters. The Hall–Kier alpha value is -2.51. The third-order valence-corrected chi connectivity index (χ3v) is 2.49. The first-order valence-corrected chi connectivity index (χ1v) is 5.40. The number of amides is 1. The van der Waals surface area contributed by atoms with E-state index in [-0.39, 0.29) is 6.07 Å². The molecule has 0 radical (unpaired) electrons.